The summed E-state index contributed by atoms with van der Waals surface area (Å²) in [5.74, 6) is -0.564. The first kappa shape index (κ1) is 10.2. The lowest BCUT2D eigenvalue weighted by Gasteiger charge is -1.98. The second kappa shape index (κ2) is 4.05. The maximum absolute atomic E-state index is 11.3. The molecule has 2 aromatic heterocycles. The Balaban J connectivity index is 2.44. The lowest BCUT2D eigenvalue weighted by atomic mass is 10.2. The van der Waals surface area contributed by atoms with Crippen LogP contribution in [-0.4, -0.2) is 38.5 Å². The van der Waals surface area contributed by atoms with Gasteiger partial charge in [0.15, 0.2) is 5.69 Å². The van der Waals surface area contributed by atoms with E-state index >= 15 is 0 Å². The topological polar surface area (TPSA) is 93.7 Å². The second-order valence-electron chi connectivity index (χ2n) is 3.06. The van der Waals surface area contributed by atoms with Crippen LogP contribution >= 0.6 is 0 Å². The third-order valence-corrected chi connectivity index (χ3v) is 1.95. The Morgan fingerprint density at radius 2 is 2.12 bits per heavy atom. The van der Waals surface area contributed by atoms with Crippen molar-refractivity contribution in [1.29, 1.82) is 0 Å². The molecule has 2 heterocycles. The summed E-state index contributed by atoms with van der Waals surface area (Å²) in [7, 11) is 1.28. The molecule has 1 N–H and O–H groups in total. The van der Waals surface area contributed by atoms with Crippen molar-refractivity contribution in [2.75, 3.05) is 7.11 Å². The van der Waals surface area contributed by atoms with Gasteiger partial charge in [0.05, 0.1) is 19.0 Å². The molecule has 0 aliphatic rings. The van der Waals surface area contributed by atoms with Crippen LogP contribution in [0.4, 0.5) is 0 Å². The van der Waals surface area contributed by atoms with Crippen molar-refractivity contribution in [1.82, 2.24) is 25.4 Å². The number of hydrogen-bond acceptors (Lipinski definition) is 6. The van der Waals surface area contributed by atoms with Gasteiger partial charge in [0.25, 0.3) is 0 Å². The van der Waals surface area contributed by atoms with Gasteiger partial charge in [0, 0.05) is 6.20 Å². The molecule has 0 amide bonds. The molecule has 0 fully saturated rings. The highest BCUT2D eigenvalue weighted by atomic mass is 16.5. The van der Waals surface area contributed by atoms with E-state index in [1.54, 1.807) is 6.20 Å². The Labute approximate surface area is 90.9 Å². The molecule has 0 aromatic carbocycles. The standard InChI is InChI=1S/C9H9N5O2/c1-5-3-11-6(4-10-5)7-8(9(15)16-2)13-14-12-7/h3-4H,1-2H3,(H,12,13,14). The summed E-state index contributed by atoms with van der Waals surface area (Å²) in [6.07, 6.45) is 3.12. The van der Waals surface area contributed by atoms with Crippen LogP contribution in [0.2, 0.25) is 0 Å². The molecule has 0 saturated heterocycles. The van der Waals surface area contributed by atoms with Crippen molar-refractivity contribution in [2.24, 2.45) is 0 Å². The van der Waals surface area contributed by atoms with Gasteiger partial charge in [-0.05, 0) is 6.92 Å². The third-order valence-electron chi connectivity index (χ3n) is 1.95. The highest BCUT2D eigenvalue weighted by Gasteiger charge is 2.19. The van der Waals surface area contributed by atoms with Crippen LogP contribution in [0.5, 0.6) is 0 Å². The summed E-state index contributed by atoms with van der Waals surface area (Å²) in [5, 5.41) is 9.91. The minimum atomic E-state index is -0.564. The van der Waals surface area contributed by atoms with Crippen molar-refractivity contribution >= 4 is 5.97 Å². The Bertz CT molecular complexity index is 505. The predicted octanol–water partition coefficient (Wildman–Crippen LogP) is 0.357. The zero-order valence-corrected chi connectivity index (χ0v) is 8.76. The average Bonchev–Trinajstić information content (AvgIpc) is 2.78. The lowest BCUT2D eigenvalue weighted by molar-refractivity contribution is 0.0595. The largest absolute Gasteiger partial charge is 0.464 e. The van der Waals surface area contributed by atoms with E-state index in [-0.39, 0.29) is 5.69 Å². The van der Waals surface area contributed by atoms with Crippen LogP contribution in [0.1, 0.15) is 16.2 Å². The number of rotatable bonds is 2. The lowest BCUT2D eigenvalue weighted by Crippen LogP contribution is -2.04. The minimum Gasteiger partial charge on any atom is -0.464 e. The summed E-state index contributed by atoms with van der Waals surface area (Å²) in [6.45, 7) is 1.82. The van der Waals surface area contributed by atoms with E-state index in [0.717, 1.165) is 5.69 Å². The molecule has 2 aromatic rings. The molecule has 0 unspecified atom stereocenters. The van der Waals surface area contributed by atoms with Gasteiger partial charge < -0.3 is 4.74 Å². The van der Waals surface area contributed by atoms with Crippen LogP contribution < -0.4 is 0 Å². The molecule has 0 aliphatic carbocycles. The summed E-state index contributed by atoms with van der Waals surface area (Å²) in [5.41, 5.74) is 1.69. The van der Waals surface area contributed by atoms with Crippen LogP contribution in [-0.2, 0) is 4.74 Å². The summed E-state index contributed by atoms with van der Waals surface area (Å²) >= 11 is 0. The van der Waals surface area contributed by atoms with Gasteiger partial charge in [0.2, 0.25) is 0 Å². The molecule has 0 radical (unpaired) electrons. The number of aromatic nitrogens is 5. The van der Waals surface area contributed by atoms with E-state index in [1.165, 1.54) is 13.3 Å². The monoisotopic (exact) mass is 219 g/mol. The molecular formula is C9H9N5O2. The van der Waals surface area contributed by atoms with Gasteiger partial charge in [-0.25, -0.2) is 4.79 Å². The fourth-order valence-electron chi connectivity index (χ4n) is 1.16. The van der Waals surface area contributed by atoms with Crippen molar-refractivity contribution in [3.05, 3.63) is 23.8 Å². The SMILES string of the molecule is COC(=O)c1n[nH]nc1-c1cnc(C)cn1. The van der Waals surface area contributed by atoms with Crippen LogP contribution in [0, 0.1) is 6.92 Å². The van der Waals surface area contributed by atoms with Crippen LogP contribution in [0.3, 0.4) is 0 Å². The molecule has 0 saturated carbocycles. The molecule has 0 spiro atoms. The fraction of sp³-hybridized carbons (Fsp3) is 0.222. The third kappa shape index (κ3) is 1.74. The minimum absolute atomic E-state index is 0.0978. The summed E-state index contributed by atoms with van der Waals surface area (Å²) in [6, 6.07) is 0. The van der Waals surface area contributed by atoms with Crippen molar-refractivity contribution in [3.63, 3.8) is 0 Å². The maximum atomic E-state index is 11.3. The molecule has 7 heteroatoms. The molecule has 82 valence electrons. The van der Waals surface area contributed by atoms with Gasteiger partial charge in [-0.1, -0.05) is 0 Å². The van der Waals surface area contributed by atoms with Gasteiger partial charge in [0.1, 0.15) is 11.4 Å². The molecule has 0 bridgehead atoms. The van der Waals surface area contributed by atoms with E-state index < -0.39 is 5.97 Å². The molecular weight excluding hydrogens is 210 g/mol. The number of methoxy groups -OCH3 is 1. The smallest absolute Gasteiger partial charge is 0.360 e. The predicted molar refractivity (Wildman–Crippen MR) is 53.5 cm³/mol. The Morgan fingerprint density at radius 1 is 1.31 bits per heavy atom. The number of nitrogens with zero attached hydrogens (tertiary/aromatic N) is 4. The number of carbonyl (C=O) groups excluding carboxylic acids is 1. The Morgan fingerprint density at radius 3 is 2.75 bits per heavy atom. The zero-order valence-electron chi connectivity index (χ0n) is 8.76. The first-order valence-electron chi connectivity index (χ1n) is 4.50. The van der Waals surface area contributed by atoms with Crippen molar-refractivity contribution < 1.29 is 9.53 Å². The Hall–Kier alpha value is -2.31. The number of H-pyrrole nitrogens is 1. The zero-order chi connectivity index (χ0) is 11.5. The van der Waals surface area contributed by atoms with E-state index in [4.69, 9.17) is 0 Å². The average molecular weight is 219 g/mol. The number of ether oxygens (including phenoxy) is 1. The molecule has 0 aliphatic heterocycles. The number of esters is 1. The van der Waals surface area contributed by atoms with Crippen molar-refractivity contribution in [2.45, 2.75) is 6.92 Å². The summed E-state index contributed by atoms with van der Waals surface area (Å²) in [4.78, 5) is 19.5. The van der Waals surface area contributed by atoms with Gasteiger partial charge in [-0.3, -0.25) is 9.97 Å². The van der Waals surface area contributed by atoms with Crippen molar-refractivity contribution in [3.8, 4) is 11.4 Å². The van der Waals surface area contributed by atoms with Gasteiger partial charge >= 0.3 is 5.97 Å². The molecule has 2 rings (SSSR count). The summed E-state index contributed by atoms with van der Waals surface area (Å²) < 4.78 is 4.57. The number of hydrogen-bond donors (Lipinski definition) is 1. The number of carbonyl (C=O) groups is 1. The number of aryl methyl sites for hydroxylation is 1. The first-order chi connectivity index (χ1) is 7.72. The van der Waals surface area contributed by atoms with E-state index in [1.807, 2.05) is 6.92 Å². The van der Waals surface area contributed by atoms with E-state index in [9.17, 15) is 4.79 Å². The first-order valence-corrected chi connectivity index (χ1v) is 4.50. The molecule has 7 nitrogen and oxygen atoms in total. The highest BCUT2D eigenvalue weighted by Crippen LogP contribution is 2.16. The molecule has 0 atom stereocenters. The van der Waals surface area contributed by atoms with Gasteiger partial charge in [-0.2, -0.15) is 10.3 Å². The van der Waals surface area contributed by atoms with E-state index in [2.05, 4.69) is 30.1 Å². The fourth-order valence-corrected chi connectivity index (χ4v) is 1.16. The Kier molecular flexibility index (Phi) is 2.59. The second-order valence-corrected chi connectivity index (χ2v) is 3.06. The van der Waals surface area contributed by atoms with Gasteiger partial charge in [-0.15, -0.1) is 5.10 Å². The molecule has 16 heavy (non-hydrogen) atoms. The normalized spacial score (nSPS) is 10.1. The maximum Gasteiger partial charge on any atom is 0.360 e. The van der Waals surface area contributed by atoms with Crippen LogP contribution in [0.15, 0.2) is 12.4 Å². The number of nitrogens with one attached hydrogen (secondary N) is 1. The highest BCUT2D eigenvalue weighted by molar-refractivity contribution is 5.93. The van der Waals surface area contributed by atoms with Crippen LogP contribution in [0.25, 0.3) is 11.4 Å². The van der Waals surface area contributed by atoms with E-state index in [0.29, 0.717) is 11.4 Å². The quantitative estimate of drug-likeness (QED) is 0.733. The number of aromatic amines is 1.